The lowest BCUT2D eigenvalue weighted by Gasteiger charge is -2.04. The number of nitrogens with one attached hydrogen (secondary N) is 2. The first-order valence-corrected chi connectivity index (χ1v) is 10.5. The highest BCUT2D eigenvalue weighted by atomic mass is 33.5. The van der Waals surface area contributed by atoms with Crippen LogP contribution in [0.4, 0.5) is 0 Å². The van der Waals surface area contributed by atoms with E-state index in [0.29, 0.717) is 0 Å². The third-order valence-corrected chi connectivity index (χ3v) is 6.02. The van der Waals surface area contributed by atoms with Gasteiger partial charge in [0.15, 0.2) is 0 Å². The molecule has 21 heavy (non-hydrogen) atoms. The second-order valence-corrected chi connectivity index (χ2v) is 8.17. The van der Waals surface area contributed by atoms with Crippen LogP contribution in [-0.2, 0) is 12.8 Å². The standard InChI is InChI=1S/C16H20N2S3/c1-3-7-15(8-4-1)11-13-17-19-21-20-18-14-12-16-9-5-2-6-10-16/h1-10,17-18H,11-14H2. The molecule has 0 aliphatic carbocycles. The van der Waals surface area contributed by atoms with E-state index in [1.807, 2.05) is 0 Å². The highest BCUT2D eigenvalue weighted by Gasteiger charge is 1.95. The van der Waals surface area contributed by atoms with E-state index in [2.05, 4.69) is 70.1 Å². The van der Waals surface area contributed by atoms with Crippen molar-refractivity contribution in [2.75, 3.05) is 13.1 Å². The molecule has 2 N–H and O–H groups in total. The maximum Gasteiger partial charge on any atom is 0.0107 e. The molecule has 0 aromatic heterocycles. The van der Waals surface area contributed by atoms with Gasteiger partial charge in [0.1, 0.15) is 0 Å². The van der Waals surface area contributed by atoms with Crippen molar-refractivity contribution in [2.24, 2.45) is 0 Å². The summed E-state index contributed by atoms with van der Waals surface area (Å²) in [5.74, 6) is 0. The predicted octanol–water partition coefficient (Wildman–Crippen LogP) is 4.51. The molecule has 2 nitrogen and oxygen atoms in total. The lowest BCUT2D eigenvalue weighted by Crippen LogP contribution is -2.08. The zero-order chi connectivity index (χ0) is 14.6. The molecule has 0 radical (unpaired) electrons. The van der Waals surface area contributed by atoms with E-state index in [4.69, 9.17) is 0 Å². The second-order valence-electron chi connectivity index (χ2n) is 4.49. The number of hydrogen-bond donors (Lipinski definition) is 2. The Labute approximate surface area is 138 Å². The minimum Gasteiger partial charge on any atom is -0.254 e. The van der Waals surface area contributed by atoms with Gasteiger partial charge >= 0.3 is 0 Å². The average molecular weight is 337 g/mol. The average Bonchev–Trinajstić information content (AvgIpc) is 2.55. The van der Waals surface area contributed by atoms with Crippen molar-refractivity contribution in [1.29, 1.82) is 0 Å². The smallest absolute Gasteiger partial charge is 0.0107 e. The highest BCUT2D eigenvalue weighted by Crippen LogP contribution is 2.29. The fraction of sp³-hybridized carbons (Fsp3) is 0.250. The molecule has 112 valence electrons. The molecule has 2 aromatic carbocycles. The Balaban J connectivity index is 1.40. The molecule has 0 heterocycles. The van der Waals surface area contributed by atoms with Gasteiger partial charge in [-0.25, -0.2) is 0 Å². The van der Waals surface area contributed by atoms with Gasteiger partial charge in [0.2, 0.25) is 0 Å². The van der Waals surface area contributed by atoms with Crippen LogP contribution in [0.2, 0.25) is 0 Å². The minimum atomic E-state index is 0.992. The molecule has 0 unspecified atom stereocenters. The summed E-state index contributed by atoms with van der Waals surface area (Å²) in [5.41, 5.74) is 2.76. The molecule has 0 bridgehead atoms. The molecular formula is C16H20N2S3. The van der Waals surface area contributed by atoms with Gasteiger partial charge in [-0.15, -0.1) is 0 Å². The number of hydrogen-bond acceptors (Lipinski definition) is 5. The van der Waals surface area contributed by atoms with Crippen molar-refractivity contribution in [3.63, 3.8) is 0 Å². The van der Waals surface area contributed by atoms with Crippen LogP contribution in [0.15, 0.2) is 60.7 Å². The Morgan fingerprint density at radius 1 is 0.619 bits per heavy atom. The van der Waals surface area contributed by atoms with Crippen molar-refractivity contribution in [2.45, 2.75) is 12.8 Å². The Bertz CT molecular complexity index is 434. The van der Waals surface area contributed by atoms with Crippen LogP contribution < -0.4 is 9.44 Å². The lowest BCUT2D eigenvalue weighted by molar-refractivity contribution is 0.912. The first-order chi connectivity index (χ1) is 10.4. The second kappa shape index (κ2) is 11.0. The van der Waals surface area contributed by atoms with E-state index < -0.39 is 0 Å². The van der Waals surface area contributed by atoms with Crippen LogP contribution in [0.5, 0.6) is 0 Å². The number of rotatable bonds is 10. The Hall–Kier alpha value is -0.590. The van der Waals surface area contributed by atoms with Gasteiger partial charge in [0, 0.05) is 44.9 Å². The van der Waals surface area contributed by atoms with Gasteiger partial charge in [0.05, 0.1) is 0 Å². The summed E-state index contributed by atoms with van der Waals surface area (Å²) in [6.07, 6.45) is 2.14. The molecule has 0 atom stereocenters. The van der Waals surface area contributed by atoms with Crippen molar-refractivity contribution in [3.05, 3.63) is 71.8 Å². The van der Waals surface area contributed by atoms with Gasteiger partial charge < -0.3 is 0 Å². The summed E-state index contributed by atoms with van der Waals surface area (Å²) in [5, 5.41) is 0. The topological polar surface area (TPSA) is 24.1 Å². The first kappa shape index (κ1) is 16.8. The van der Waals surface area contributed by atoms with Gasteiger partial charge in [-0.3, -0.25) is 9.44 Å². The van der Waals surface area contributed by atoms with E-state index in [1.165, 1.54) is 11.1 Å². The van der Waals surface area contributed by atoms with Crippen molar-refractivity contribution < 1.29 is 0 Å². The van der Waals surface area contributed by atoms with Crippen LogP contribution in [0, 0.1) is 0 Å². The Morgan fingerprint density at radius 3 is 1.48 bits per heavy atom. The highest BCUT2D eigenvalue weighted by molar-refractivity contribution is 9.08. The van der Waals surface area contributed by atoms with Crippen LogP contribution in [0.1, 0.15) is 11.1 Å². The summed E-state index contributed by atoms with van der Waals surface area (Å²) < 4.78 is 6.72. The summed E-state index contributed by atoms with van der Waals surface area (Å²) in [4.78, 5) is 0. The molecule has 0 aliphatic rings. The maximum atomic E-state index is 3.36. The normalized spacial score (nSPS) is 10.7. The molecule has 2 aromatic rings. The van der Waals surface area contributed by atoms with Gasteiger partial charge in [-0.05, 0) is 24.0 Å². The summed E-state index contributed by atoms with van der Waals surface area (Å²) in [6.45, 7) is 1.98. The van der Waals surface area contributed by atoms with Crippen LogP contribution in [-0.4, -0.2) is 13.1 Å². The van der Waals surface area contributed by atoms with Crippen molar-refractivity contribution >= 4 is 31.8 Å². The lowest BCUT2D eigenvalue weighted by atomic mass is 10.2. The molecule has 0 amide bonds. The monoisotopic (exact) mass is 336 g/mol. The third-order valence-electron chi connectivity index (χ3n) is 2.90. The molecule has 0 fully saturated rings. The van der Waals surface area contributed by atoms with E-state index in [1.54, 1.807) is 31.8 Å². The third kappa shape index (κ3) is 7.83. The summed E-state index contributed by atoms with van der Waals surface area (Å²) in [6, 6.07) is 21.1. The molecule has 0 saturated carbocycles. The maximum absolute atomic E-state index is 3.36. The van der Waals surface area contributed by atoms with E-state index in [0.717, 1.165) is 25.9 Å². The number of benzene rings is 2. The van der Waals surface area contributed by atoms with Crippen molar-refractivity contribution in [3.8, 4) is 0 Å². The van der Waals surface area contributed by atoms with E-state index in [9.17, 15) is 0 Å². The fourth-order valence-corrected chi connectivity index (χ4v) is 4.39. The zero-order valence-corrected chi connectivity index (χ0v) is 14.3. The largest absolute Gasteiger partial charge is 0.254 e. The predicted molar refractivity (Wildman–Crippen MR) is 99.1 cm³/mol. The van der Waals surface area contributed by atoms with E-state index in [-0.39, 0.29) is 0 Å². The fourth-order valence-electron chi connectivity index (χ4n) is 1.83. The van der Waals surface area contributed by atoms with Crippen LogP contribution >= 0.6 is 31.8 Å². The Morgan fingerprint density at radius 2 is 1.05 bits per heavy atom. The van der Waals surface area contributed by atoms with E-state index >= 15 is 0 Å². The van der Waals surface area contributed by atoms with Gasteiger partial charge in [0.25, 0.3) is 0 Å². The Kier molecular flexibility index (Phi) is 8.82. The molecule has 0 aliphatic heterocycles. The van der Waals surface area contributed by atoms with Crippen LogP contribution in [0.25, 0.3) is 0 Å². The molecule has 2 rings (SSSR count). The minimum absolute atomic E-state index is 0.992. The SMILES string of the molecule is c1ccc(CCNSSSNCCc2ccccc2)cc1. The molecule has 0 spiro atoms. The molecule has 5 heteroatoms. The van der Waals surface area contributed by atoms with Gasteiger partial charge in [-0.2, -0.15) is 0 Å². The summed E-state index contributed by atoms with van der Waals surface area (Å²) in [7, 11) is 5.11. The van der Waals surface area contributed by atoms with Crippen LogP contribution in [0.3, 0.4) is 0 Å². The van der Waals surface area contributed by atoms with Gasteiger partial charge in [-0.1, -0.05) is 60.7 Å². The summed E-state index contributed by atoms with van der Waals surface area (Å²) >= 11 is 0. The zero-order valence-electron chi connectivity index (χ0n) is 11.8. The molecule has 0 saturated heterocycles. The first-order valence-electron chi connectivity index (χ1n) is 6.98. The molecular weight excluding hydrogens is 316 g/mol. The van der Waals surface area contributed by atoms with Crippen molar-refractivity contribution in [1.82, 2.24) is 9.44 Å². The quantitative estimate of drug-likeness (QED) is 0.378.